The monoisotopic (exact) mass is 461 g/mol. The molecule has 1 N–H and O–H groups in total. The molecule has 3 heterocycles. The molecule has 0 atom stereocenters. The first-order valence-corrected chi connectivity index (χ1v) is 12.2. The van der Waals surface area contributed by atoms with Crippen LogP contribution in [0.5, 0.6) is 5.75 Å². The molecule has 1 saturated heterocycles. The van der Waals surface area contributed by atoms with Gasteiger partial charge in [0.1, 0.15) is 5.75 Å². The Morgan fingerprint density at radius 3 is 2.73 bits per heavy atom. The SMILES string of the molecule is COc1ccc2cc(C)c3nnc(SCC(=O)Nc4ccccc4N4CCCCC4)n3c2c1. The number of amides is 1. The molecule has 7 nitrogen and oxygen atoms in total. The second kappa shape index (κ2) is 9.31. The van der Waals surface area contributed by atoms with Gasteiger partial charge in [-0.05, 0) is 67.5 Å². The number of nitrogens with one attached hydrogen (secondary N) is 1. The molecular weight excluding hydrogens is 434 g/mol. The number of ether oxygens (including phenoxy) is 1. The number of aryl methyl sites for hydroxylation is 1. The van der Waals surface area contributed by atoms with Crippen LogP contribution in [0.15, 0.2) is 53.7 Å². The quantitative estimate of drug-likeness (QED) is 0.411. The molecule has 5 rings (SSSR count). The van der Waals surface area contributed by atoms with E-state index < -0.39 is 0 Å². The molecule has 0 unspecified atom stereocenters. The van der Waals surface area contributed by atoms with Crippen LogP contribution in [0.1, 0.15) is 24.8 Å². The van der Waals surface area contributed by atoms with E-state index >= 15 is 0 Å². The molecule has 1 aliphatic heterocycles. The first kappa shape index (κ1) is 21.6. The Hall–Kier alpha value is -3.26. The number of para-hydroxylation sites is 2. The van der Waals surface area contributed by atoms with Crippen LogP contribution in [-0.2, 0) is 4.79 Å². The van der Waals surface area contributed by atoms with Crippen molar-refractivity contribution in [2.45, 2.75) is 31.3 Å². The number of pyridine rings is 1. The van der Waals surface area contributed by atoms with Gasteiger partial charge in [0.05, 0.1) is 29.8 Å². The van der Waals surface area contributed by atoms with Crippen LogP contribution in [0, 0.1) is 6.92 Å². The number of carbonyl (C=O) groups is 1. The first-order valence-electron chi connectivity index (χ1n) is 11.2. The number of carbonyl (C=O) groups excluding carboxylic acids is 1. The first-order chi connectivity index (χ1) is 16.1. The molecule has 0 aliphatic carbocycles. The molecule has 8 heteroatoms. The molecule has 0 radical (unpaired) electrons. The summed E-state index contributed by atoms with van der Waals surface area (Å²) in [5.74, 6) is 0.953. The Morgan fingerprint density at radius 2 is 1.91 bits per heavy atom. The Balaban J connectivity index is 1.37. The van der Waals surface area contributed by atoms with Crippen molar-refractivity contribution in [1.82, 2.24) is 14.6 Å². The number of benzene rings is 2. The molecule has 0 saturated carbocycles. The van der Waals surface area contributed by atoms with Gasteiger partial charge in [0, 0.05) is 19.2 Å². The molecule has 2 aromatic heterocycles. The largest absolute Gasteiger partial charge is 0.497 e. The maximum absolute atomic E-state index is 12.9. The zero-order valence-corrected chi connectivity index (χ0v) is 19.7. The smallest absolute Gasteiger partial charge is 0.234 e. The molecule has 0 bridgehead atoms. The highest BCUT2D eigenvalue weighted by Gasteiger charge is 2.17. The Bertz CT molecular complexity index is 1310. The van der Waals surface area contributed by atoms with Crippen molar-refractivity contribution in [2.75, 3.05) is 36.2 Å². The lowest BCUT2D eigenvalue weighted by Crippen LogP contribution is -2.30. The number of fused-ring (bicyclic) bond motifs is 3. The summed E-state index contributed by atoms with van der Waals surface area (Å²) in [6, 6.07) is 16.1. The van der Waals surface area contributed by atoms with Crippen LogP contribution in [0.2, 0.25) is 0 Å². The third-order valence-corrected chi connectivity index (χ3v) is 6.97. The van der Waals surface area contributed by atoms with Gasteiger partial charge < -0.3 is 15.0 Å². The molecule has 33 heavy (non-hydrogen) atoms. The molecule has 1 aliphatic rings. The second-order valence-electron chi connectivity index (χ2n) is 8.30. The van der Waals surface area contributed by atoms with Gasteiger partial charge in [-0.3, -0.25) is 9.20 Å². The summed E-state index contributed by atoms with van der Waals surface area (Å²) in [6.07, 6.45) is 3.65. The van der Waals surface area contributed by atoms with Gasteiger partial charge in [-0.2, -0.15) is 0 Å². The van der Waals surface area contributed by atoms with Crippen molar-refractivity contribution in [3.05, 3.63) is 54.1 Å². The highest BCUT2D eigenvalue weighted by molar-refractivity contribution is 7.99. The number of thioether (sulfide) groups is 1. The van der Waals surface area contributed by atoms with Crippen molar-refractivity contribution < 1.29 is 9.53 Å². The Kier molecular flexibility index (Phi) is 6.09. The maximum atomic E-state index is 12.9. The van der Waals surface area contributed by atoms with Crippen LogP contribution < -0.4 is 15.0 Å². The number of hydrogen-bond donors (Lipinski definition) is 1. The van der Waals surface area contributed by atoms with Crippen molar-refractivity contribution in [3.8, 4) is 5.75 Å². The normalized spacial score (nSPS) is 14.1. The number of piperidine rings is 1. The predicted octanol–water partition coefficient (Wildman–Crippen LogP) is 4.92. The summed E-state index contributed by atoms with van der Waals surface area (Å²) in [5, 5.41) is 13.6. The van der Waals surface area contributed by atoms with E-state index in [0.717, 1.165) is 52.3 Å². The summed E-state index contributed by atoms with van der Waals surface area (Å²) < 4.78 is 7.42. The van der Waals surface area contributed by atoms with E-state index in [1.807, 2.05) is 47.7 Å². The van der Waals surface area contributed by atoms with E-state index in [-0.39, 0.29) is 11.7 Å². The summed E-state index contributed by atoms with van der Waals surface area (Å²) in [7, 11) is 1.65. The van der Waals surface area contributed by atoms with Gasteiger partial charge in [-0.1, -0.05) is 23.9 Å². The highest BCUT2D eigenvalue weighted by Crippen LogP contribution is 2.30. The zero-order chi connectivity index (χ0) is 22.8. The van der Waals surface area contributed by atoms with Crippen molar-refractivity contribution in [2.24, 2.45) is 0 Å². The topological polar surface area (TPSA) is 71.8 Å². The van der Waals surface area contributed by atoms with Crippen LogP contribution in [0.4, 0.5) is 11.4 Å². The Morgan fingerprint density at radius 1 is 1.09 bits per heavy atom. The molecule has 4 aromatic rings. The lowest BCUT2D eigenvalue weighted by molar-refractivity contribution is -0.113. The van der Waals surface area contributed by atoms with Crippen LogP contribution in [0.25, 0.3) is 16.6 Å². The second-order valence-corrected chi connectivity index (χ2v) is 9.24. The minimum Gasteiger partial charge on any atom is -0.497 e. The molecule has 0 spiro atoms. The molecular formula is C25H27N5O2S. The van der Waals surface area contributed by atoms with Gasteiger partial charge in [-0.15, -0.1) is 10.2 Å². The van der Waals surface area contributed by atoms with Crippen LogP contribution >= 0.6 is 11.8 Å². The molecule has 2 aromatic carbocycles. The zero-order valence-electron chi connectivity index (χ0n) is 18.9. The van der Waals surface area contributed by atoms with Crippen LogP contribution in [-0.4, -0.2) is 46.5 Å². The summed E-state index contributed by atoms with van der Waals surface area (Å²) in [5.41, 5.74) is 4.73. The summed E-state index contributed by atoms with van der Waals surface area (Å²) in [4.78, 5) is 15.2. The molecule has 170 valence electrons. The number of methoxy groups -OCH3 is 1. The van der Waals surface area contributed by atoms with Gasteiger partial charge in [0.25, 0.3) is 0 Å². The van der Waals surface area contributed by atoms with Gasteiger partial charge in [-0.25, -0.2) is 0 Å². The highest BCUT2D eigenvalue weighted by atomic mass is 32.2. The van der Waals surface area contributed by atoms with Crippen molar-refractivity contribution in [3.63, 3.8) is 0 Å². The third-order valence-electron chi connectivity index (χ3n) is 6.04. The van der Waals surface area contributed by atoms with Gasteiger partial charge in [0.15, 0.2) is 10.8 Å². The average Bonchev–Trinajstić information content (AvgIpc) is 3.29. The maximum Gasteiger partial charge on any atom is 0.234 e. The van der Waals surface area contributed by atoms with E-state index in [1.165, 1.54) is 31.0 Å². The standard InChI is InChI=1S/C25H27N5O2S/c1-17-14-18-10-11-19(32-2)15-22(18)30-24(17)27-28-25(30)33-16-23(31)26-20-8-4-5-9-21(20)29-12-6-3-7-13-29/h4-5,8-11,14-15H,3,6-7,12-13,16H2,1-2H3,(H,26,31). The van der Waals surface area contributed by atoms with Crippen LogP contribution in [0.3, 0.4) is 0 Å². The number of anilines is 2. The lowest BCUT2D eigenvalue weighted by Gasteiger charge is -2.30. The minimum atomic E-state index is -0.0595. The van der Waals surface area contributed by atoms with Gasteiger partial charge in [0.2, 0.25) is 5.91 Å². The molecule has 1 fully saturated rings. The van der Waals surface area contributed by atoms with E-state index in [0.29, 0.717) is 5.16 Å². The number of rotatable bonds is 6. The fourth-order valence-corrected chi connectivity index (χ4v) is 5.15. The van der Waals surface area contributed by atoms with E-state index in [2.05, 4.69) is 32.5 Å². The summed E-state index contributed by atoms with van der Waals surface area (Å²) in [6.45, 7) is 4.08. The predicted molar refractivity (Wildman–Crippen MR) is 134 cm³/mol. The number of aromatic nitrogens is 3. The van der Waals surface area contributed by atoms with Gasteiger partial charge >= 0.3 is 0 Å². The average molecular weight is 462 g/mol. The van der Waals surface area contributed by atoms with E-state index in [9.17, 15) is 4.79 Å². The van der Waals surface area contributed by atoms with Crippen molar-refractivity contribution in [1.29, 1.82) is 0 Å². The lowest BCUT2D eigenvalue weighted by atomic mass is 10.1. The Labute approximate surface area is 197 Å². The number of nitrogens with zero attached hydrogens (tertiary/aromatic N) is 4. The third kappa shape index (κ3) is 4.35. The van der Waals surface area contributed by atoms with E-state index in [1.54, 1.807) is 7.11 Å². The fourth-order valence-electron chi connectivity index (χ4n) is 4.41. The fraction of sp³-hybridized carbons (Fsp3) is 0.320. The minimum absolute atomic E-state index is 0.0595. The van der Waals surface area contributed by atoms with Crippen molar-refractivity contribution >= 4 is 45.6 Å². The number of hydrogen-bond acceptors (Lipinski definition) is 6. The van der Waals surface area contributed by atoms with E-state index in [4.69, 9.17) is 4.74 Å². The molecule has 1 amide bonds. The summed E-state index contributed by atoms with van der Waals surface area (Å²) >= 11 is 1.39.